The summed E-state index contributed by atoms with van der Waals surface area (Å²) in [5, 5.41) is 3.36. The number of rotatable bonds is 6. The van der Waals surface area contributed by atoms with Crippen LogP contribution in [-0.2, 0) is 21.7 Å². The van der Waals surface area contributed by atoms with Crippen LogP contribution in [0.4, 0.5) is 0 Å². The lowest BCUT2D eigenvalue weighted by atomic mass is 9.86. The molecule has 0 aromatic heterocycles. The third-order valence-corrected chi connectivity index (χ3v) is 5.53. The molecule has 1 aliphatic rings. The van der Waals surface area contributed by atoms with Gasteiger partial charge in [-0.1, -0.05) is 38.1 Å². The van der Waals surface area contributed by atoms with Gasteiger partial charge in [-0.2, -0.15) is 0 Å². The Kier molecular flexibility index (Phi) is 5.64. The van der Waals surface area contributed by atoms with Crippen LogP contribution in [0.25, 0.3) is 0 Å². The van der Waals surface area contributed by atoms with Gasteiger partial charge in [-0.25, -0.2) is 8.42 Å². The minimum absolute atomic E-state index is 0.181. The van der Waals surface area contributed by atoms with E-state index in [4.69, 9.17) is 0 Å². The van der Waals surface area contributed by atoms with E-state index in [2.05, 4.69) is 34.5 Å². The molecule has 0 unspecified atom stereocenters. The average molecular weight is 324 g/mol. The largest absolute Gasteiger partial charge is 0.314 e. The Hall–Kier alpha value is -0.910. The second kappa shape index (κ2) is 7.11. The molecule has 22 heavy (non-hydrogen) atoms. The second-order valence-electron chi connectivity index (χ2n) is 6.99. The maximum atomic E-state index is 11.6. The van der Waals surface area contributed by atoms with E-state index in [-0.39, 0.29) is 11.2 Å². The molecule has 0 aliphatic carbocycles. The fraction of sp³-hybridized carbons (Fsp3) is 0.647. The van der Waals surface area contributed by atoms with Crippen molar-refractivity contribution in [2.24, 2.45) is 0 Å². The maximum absolute atomic E-state index is 11.6. The minimum Gasteiger partial charge on any atom is -0.314 e. The van der Waals surface area contributed by atoms with Crippen LogP contribution in [0.3, 0.4) is 0 Å². The molecule has 0 atom stereocenters. The maximum Gasteiger partial charge on any atom is 0.148 e. The predicted molar refractivity (Wildman–Crippen MR) is 92.2 cm³/mol. The Morgan fingerprint density at radius 1 is 1.14 bits per heavy atom. The molecule has 0 bridgehead atoms. The Morgan fingerprint density at radius 2 is 1.73 bits per heavy atom. The third kappa shape index (κ3) is 5.38. The summed E-state index contributed by atoms with van der Waals surface area (Å²) >= 11 is 0. The fourth-order valence-electron chi connectivity index (χ4n) is 3.08. The van der Waals surface area contributed by atoms with E-state index < -0.39 is 9.84 Å². The summed E-state index contributed by atoms with van der Waals surface area (Å²) in [6.45, 7) is 9.48. The summed E-state index contributed by atoms with van der Waals surface area (Å²) in [5.41, 5.74) is 2.06. The molecular formula is C17H28N2O2S. The molecule has 1 fully saturated rings. The summed E-state index contributed by atoms with van der Waals surface area (Å²) in [7, 11) is -2.98. The summed E-state index contributed by atoms with van der Waals surface area (Å²) in [4.78, 5) is 2.48. The summed E-state index contributed by atoms with van der Waals surface area (Å²) in [6.07, 6.45) is 2.35. The first-order valence-corrected chi connectivity index (χ1v) is 10.0. The van der Waals surface area contributed by atoms with Gasteiger partial charge in [0.05, 0.1) is 5.75 Å². The van der Waals surface area contributed by atoms with Crippen molar-refractivity contribution in [3.05, 3.63) is 35.4 Å². The van der Waals surface area contributed by atoms with Crippen molar-refractivity contribution in [2.75, 3.05) is 44.7 Å². The molecule has 1 heterocycles. The molecule has 4 nitrogen and oxygen atoms in total. The van der Waals surface area contributed by atoms with Crippen LogP contribution in [0.1, 0.15) is 25.0 Å². The normalized spacial score (nSPS) is 17.6. The van der Waals surface area contributed by atoms with Crippen LogP contribution in [0, 0.1) is 0 Å². The van der Waals surface area contributed by atoms with Gasteiger partial charge < -0.3 is 10.2 Å². The zero-order valence-corrected chi connectivity index (χ0v) is 14.7. The van der Waals surface area contributed by atoms with Crippen molar-refractivity contribution in [2.45, 2.75) is 25.7 Å². The van der Waals surface area contributed by atoms with E-state index in [0.29, 0.717) is 0 Å². The van der Waals surface area contributed by atoms with Crippen LogP contribution in [0.15, 0.2) is 24.3 Å². The molecule has 124 valence electrons. The number of sulfone groups is 1. The molecule has 1 aromatic carbocycles. The van der Waals surface area contributed by atoms with Crippen LogP contribution < -0.4 is 5.32 Å². The highest BCUT2D eigenvalue weighted by atomic mass is 32.2. The van der Waals surface area contributed by atoms with E-state index in [9.17, 15) is 8.42 Å². The monoisotopic (exact) mass is 324 g/mol. The average Bonchev–Trinajstić information content (AvgIpc) is 2.44. The zero-order valence-electron chi connectivity index (χ0n) is 13.9. The second-order valence-corrected chi connectivity index (χ2v) is 9.13. The lowest BCUT2D eigenvalue weighted by Crippen LogP contribution is -2.44. The van der Waals surface area contributed by atoms with Crippen molar-refractivity contribution in [1.29, 1.82) is 0 Å². The summed E-state index contributed by atoms with van der Waals surface area (Å²) < 4.78 is 23.1. The van der Waals surface area contributed by atoms with Gasteiger partial charge in [0.1, 0.15) is 9.84 Å². The molecule has 0 saturated carbocycles. The molecule has 0 radical (unpaired) electrons. The molecule has 1 aliphatic heterocycles. The highest BCUT2D eigenvalue weighted by Gasteiger charge is 2.25. The van der Waals surface area contributed by atoms with Crippen LogP contribution >= 0.6 is 0 Å². The Morgan fingerprint density at radius 3 is 2.27 bits per heavy atom. The van der Waals surface area contributed by atoms with Crippen LogP contribution in [0.2, 0.25) is 0 Å². The first-order chi connectivity index (χ1) is 10.3. The van der Waals surface area contributed by atoms with Gasteiger partial charge in [0.2, 0.25) is 0 Å². The molecule has 1 aromatic rings. The van der Waals surface area contributed by atoms with Gasteiger partial charge in [0, 0.05) is 44.4 Å². The summed E-state index contributed by atoms with van der Waals surface area (Å²) in [6, 6.07) is 8.44. The lowest BCUT2D eigenvalue weighted by Gasteiger charge is -2.27. The van der Waals surface area contributed by atoms with E-state index in [1.807, 2.05) is 13.8 Å². The number of hydrogen-bond donors (Lipinski definition) is 1. The van der Waals surface area contributed by atoms with Gasteiger partial charge in [0.25, 0.3) is 0 Å². The Labute approximate surface area is 134 Å². The lowest BCUT2D eigenvalue weighted by molar-refractivity contribution is 0.244. The number of benzene rings is 1. The SMILES string of the molecule is CC(C)(CS(C)(=O)=O)c1ccc(CCN2CCNCC2)cc1. The van der Waals surface area contributed by atoms with Crippen LogP contribution in [0.5, 0.6) is 0 Å². The molecule has 1 N–H and O–H groups in total. The van der Waals surface area contributed by atoms with Crippen molar-refractivity contribution in [3.8, 4) is 0 Å². The predicted octanol–water partition coefficient (Wildman–Crippen LogP) is 1.46. The number of hydrogen-bond acceptors (Lipinski definition) is 4. The first-order valence-electron chi connectivity index (χ1n) is 7.96. The van der Waals surface area contributed by atoms with E-state index >= 15 is 0 Å². The third-order valence-electron chi connectivity index (χ3n) is 4.28. The molecule has 2 rings (SSSR count). The van der Waals surface area contributed by atoms with Crippen molar-refractivity contribution in [3.63, 3.8) is 0 Å². The van der Waals surface area contributed by atoms with Crippen molar-refractivity contribution >= 4 is 9.84 Å². The molecule has 1 saturated heterocycles. The van der Waals surface area contributed by atoms with E-state index in [0.717, 1.165) is 44.7 Å². The first kappa shape index (κ1) is 17.4. The van der Waals surface area contributed by atoms with Crippen LogP contribution in [-0.4, -0.2) is 58.1 Å². The van der Waals surface area contributed by atoms with Crippen molar-refractivity contribution in [1.82, 2.24) is 10.2 Å². The Balaban J connectivity index is 1.94. The van der Waals surface area contributed by atoms with Gasteiger partial charge >= 0.3 is 0 Å². The van der Waals surface area contributed by atoms with Gasteiger partial charge in [0.15, 0.2) is 0 Å². The number of nitrogens with one attached hydrogen (secondary N) is 1. The number of piperazine rings is 1. The minimum atomic E-state index is -2.98. The summed E-state index contributed by atoms with van der Waals surface area (Å²) in [5.74, 6) is 0.181. The highest BCUT2D eigenvalue weighted by Crippen LogP contribution is 2.25. The molecular weight excluding hydrogens is 296 g/mol. The van der Waals surface area contributed by atoms with Gasteiger partial charge in [-0.3, -0.25) is 0 Å². The topological polar surface area (TPSA) is 49.4 Å². The quantitative estimate of drug-likeness (QED) is 0.861. The van der Waals surface area contributed by atoms with Gasteiger partial charge in [-0.15, -0.1) is 0 Å². The molecule has 0 spiro atoms. The zero-order chi connectivity index (χ0) is 16.2. The molecule has 5 heteroatoms. The van der Waals surface area contributed by atoms with E-state index in [1.165, 1.54) is 11.8 Å². The number of nitrogens with zero attached hydrogens (tertiary/aromatic N) is 1. The Bertz CT molecular complexity index is 573. The van der Waals surface area contributed by atoms with Crippen molar-refractivity contribution < 1.29 is 8.42 Å². The fourth-order valence-corrected chi connectivity index (χ4v) is 4.56. The van der Waals surface area contributed by atoms with Gasteiger partial charge in [-0.05, 0) is 17.5 Å². The standard InChI is InChI=1S/C17H28N2O2S/c1-17(2,14-22(3,20)21)16-6-4-15(5-7-16)8-11-19-12-9-18-10-13-19/h4-7,18H,8-14H2,1-3H3. The van der Waals surface area contributed by atoms with E-state index in [1.54, 1.807) is 0 Å². The molecule has 0 amide bonds. The highest BCUT2D eigenvalue weighted by molar-refractivity contribution is 7.90. The smallest absolute Gasteiger partial charge is 0.148 e.